The van der Waals surface area contributed by atoms with Crippen molar-refractivity contribution >= 4 is 34.7 Å². The van der Waals surface area contributed by atoms with Crippen LogP contribution < -0.4 is 10.6 Å². The number of rotatable bonds is 4. The second-order valence-corrected chi connectivity index (χ2v) is 6.02. The van der Waals surface area contributed by atoms with Crippen LogP contribution in [-0.2, 0) is 0 Å². The number of hydrogen-bond donors (Lipinski definition) is 2. The van der Waals surface area contributed by atoms with E-state index >= 15 is 0 Å². The number of nitriles is 1. The van der Waals surface area contributed by atoms with Crippen molar-refractivity contribution in [1.82, 2.24) is 4.98 Å². The molecule has 5 nitrogen and oxygen atoms in total. The number of anilines is 3. The molecule has 6 heteroatoms. The van der Waals surface area contributed by atoms with E-state index in [1.165, 1.54) is 6.20 Å². The zero-order chi connectivity index (χ0) is 18.5. The van der Waals surface area contributed by atoms with E-state index in [1.807, 2.05) is 31.2 Å². The second-order valence-electron chi connectivity index (χ2n) is 5.61. The summed E-state index contributed by atoms with van der Waals surface area (Å²) in [5.41, 5.74) is 3.38. The number of hydrogen-bond acceptors (Lipinski definition) is 4. The van der Waals surface area contributed by atoms with Crippen molar-refractivity contribution in [1.29, 1.82) is 5.26 Å². The lowest BCUT2D eigenvalue weighted by Crippen LogP contribution is -2.12. The lowest BCUT2D eigenvalue weighted by molar-refractivity contribution is 0.102. The van der Waals surface area contributed by atoms with Crippen molar-refractivity contribution in [3.05, 3.63) is 82.5 Å². The monoisotopic (exact) mass is 362 g/mol. The molecule has 0 aliphatic carbocycles. The summed E-state index contributed by atoms with van der Waals surface area (Å²) in [6, 6.07) is 17.7. The minimum atomic E-state index is -0.271. The molecule has 128 valence electrons. The fourth-order valence-corrected chi connectivity index (χ4v) is 2.49. The Balaban J connectivity index is 1.69. The highest BCUT2D eigenvalue weighted by molar-refractivity contribution is 6.31. The molecular formula is C20H15ClN4O. The van der Waals surface area contributed by atoms with Gasteiger partial charge in [-0.05, 0) is 61.0 Å². The molecule has 0 aliphatic rings. The average Bonchev–Trinajstić information content (AvgIpc) is 2.66. The average molecular weight is 363 g/mol. The first kappa shape index (κ1) is 17.5. The zero-order valence-corrected chi connectivity index (χ0v) is 14.7. The zero-order valence-electron chi connectivity index (χ0n) is 14.0. The predicted molar refractivity (Wildman–Crippen MR) is 103 cm³/mol. The Morgan fingerprint density at radius 3 is 2.54 bits per heavy atom. The molecule has 0 fully saturated rings. The third-order valence-corrected chi connectivity index (χ3v) is 4.24. The van der Waals surface area contributed by atoms with Gasteiger partial charge in [-0.15, -0.1) is 0 Å². The summed E-state index contributed by atoms with van der Waals surface area (Å²) < 4.78 is 0. The molecule has 0 saturated carbocycles. The highest BCUT2D eigenvalue weighted by Gasteiger charge is 2.08. The van der Waals surface area contributed by atoms with E-state index in [0.29, 0.717) is 27.7 Å². The number of carbonyl (C=O) groups excluding carboxylic acids is 1. The van der Waals surface area contributed by atoms with Gasteiger partial charge in [0.1, 0.15) is 5.82 Å². The van der Waals surface area contributed by atoms with Crippen LogP contribution in [0.3, 0.4) is 0 Å². The Morgan fingerprint density at radius 2 is 1.88 bits per heavy atom. The summed E-state index contributed by atoms with van der Waals surface area (Å²) in [5.74, 6) is 0.345. The SMILES string of the molecule is Cc1c(Cl)cccc1Nc1ccc(C(=O)Nc2ccc(C#N)cc2)cn1. The van der Waals surface area contributed by atoms with Crippen molar-refractivity contribution in [2.24, 2.45) is 0 Å². The van der Waals surface area contributed by atoms with Gasteiger partial charge in [-0.2, -0.15) is 5.26 Å². The van der Waals surface area contributed by atoms with Gasteiger partial charge in [0.2, 0.25) is 0 Å². The Hall–Kier alpha value is -3.36. The summed E-state index contributed by atoms with van der Waals surface area (Å²) in [7, 11) is 0. The van der Waals surface area contributed by atoms with E-state index in [1.54, 1.807) is 36.4 Å². The van der Waals surface area contributed by atoms with E-state index in [9.17, 15) is 4.79 Å². The van der Waals surface area contributed by atoms with Gasteiger partial charge in [-0.3, -0.25) is 4.79 Å². The molecule has 2 aromatic carbocycles. The Morgan fingerprint density at radius 1 is 1.12 bits per heavy atom. The van der Waals surface area contributed by atoms with Crippen LogP contribution in [0.2, 0.25) is 5.02 Å². The van der Waals surface area contributed by atoms with Crippen molar-refractivity contribution in [2.75, 3.05) is 10.6 Å². The first-order chi connectivity index (χ1) is 12.6. The highest BCUT2D eigenvalue weighted by atomic mass is 35.5. The number of aromatic nitrogens is 1. The maximum absolute atomic E-state index is 12.3. The topological polar surface area (TPSA) is 77.8 Å². The lowest BCUT2D eigenvalue weighted by atomic mass is 10.2. The van der Waals surface area contributed by atoms with Gasteiger partial charge in [-0.25, -0.2) is 4.98 Å². The van der Waals surface area contributed by atoms with Gasteiger partial charge in [0.05, 0.1) is 17.2 Å². The van der Waals surface area contributed by atoms with Gasteiger partial charge in [-0.1, -0.05) is 17.7 Å². The molecule has 1 amide bonds. The minimum absolute atomic E-state index is 0.271. The molecule has 3 aromatic rings. The molecule has 26 heavy (non-hydrogen) atoms. The molecule has 0 saturated heterocycles. The molecule has 0 bridgehead atoms. The summed E-state index contributed by atoms with van der Waals surface area (Å²) in [4.78, 5) is 16.6. The molecule has 0 radical (unpaired) electrons. The molecule has 0 spiro atoms. The molecule has 0 aliphatic heterocycles. The standard InChI is InChI=1S/C20H15ClN4O/c1-13-17(21)3-2-4-18(13)25-19-10-7-15(12-23-19)20(26)24-16-8-5-14(11-22)6-9-16/h2-10,12H,1H3,(H,23,25)(H,24,26). The van der Waals surface area contributed by atoms with Crippen LogP contribution in [-0.4, -0.2) is 10.9 Å². The molecule has 1 aromatic heterocycles. The summed E-state index contributed by atoms with van der Waals surface area (Å²) in [6.45, 7) is 1.92. The van der Waals surface area contributed by atoms with Crippen LogP contribution >= 0.6 is 11.6 Å². The normalized spacial score (nSPS) is 10.0. The molecule has 2 N–H and O–H groups in total. The summed E-state index contributed by atoms with van der Waals surface area (Å²) in [5, 5.41) is 15.4. The van der Waals surface area contributed by atoms with Crippen LogP contribution in [0.25, 0.3) is 0 Å². The molecule has 0 atom stereocenters. The molecular weight excluding hydrogens is 348 g/mol. The van der Waals surface area contributed by atoms with Gasteiger partial charge in [0.15, 0.2) is 0 Å². The Bertz CT molecular complexity index is 976. The Labute approximate surface area is 156 Å². The first-order valence-corrected chi connectivity index (χ1v) is 8.24. The van der Waals surface area contributed by atoms with E-state index < -0.39 is 0 Å². The van der Waals surface area contributed by atoms with Crippen LogP contribution in [0.5, 0.6) is 0 Å². The van der Waals surface area contributed by atoms with Crippen molar-refractivity contribution in [2.45, 2.75) is 6.92 Å². The van der Waals surface area contributed by atoms with Gasteiger partial charge in [0.25, 0.3) is 5.91 Å². The summed E-state index contributed by atoms with van der Waals surface area (Å²) in [6.07, 6.45) is 1.50. The number of halogens is 1. The Kier molecular flexibility index (Phi) is 5.16. The van der Waals surface area contributed by atoms with Crippen LogP contribution in [0.4, 0.5) is 17.2 Å². The van der Waals surface area contributed by atoms with E-state index in [4.69, 9.17) is 16.9 Å². The van der Waals surface area contributed by atoms with Crippen LogP contribution in [0, 0.1) is 18.3 Å². The molecule has 1 heterocycles. The van der Waals surface area contributed by atoms with E-state index in [2.05, 4.69) is 15.6 Å². The fraction of sp³-hybridized carbons (Fsp3) is 0.0500. The van der Waals surface area contributed by atoms with Crippen molar-refractivity contribution < 1.29 is 4.79 Å². The number of carbonyl (C=O) groups is 1. The largest absolute Gasteiger partial charge is 0.340 e. The van der Waals surface area contributed by atoms with Crippen molar-refractivity contribution in [3.8, 4) is 6.07 Å². The van der Waals surface area contributed by atoms with E-state index in [-0.39, 0.29) is 5.91 Å². The smallest absolute Gasteiger partial charge is 0.257 e. The van der Waals surface area contributed by atoms with Gasteiger partial charge < -0.3 is 10.6 Å². The summed E-state index contributed by atoms with van der Waals surface area (Å²) >= 11 is 6.11. The first-order valence-electron chi connectivity index (χ1n) is 7.86. The van der Waals surface area contributed by atoms with Crippen molar-refractivity contribution in [3.63, 3.8) is 0 Å². The number of amides is 1. The van der Waals surface area contributed by atoms with Gasteiger partial charge >= 0.3 is 0 Å². The van der Waals surface area contributed by atoms with E-state index in [0.717, 1.165) is 11.3 Å². The third kappa shape index (κ3) is 4.00. The maximum Gasteiger partial charge on any atom is 0.257 e. The quantitative estimate of drug-likeness (QED) is 0.691. The van der Waals surface area contributed by atoms with Gasteiger partial charge in [0, 0.05) is 22.6 Å². The maximum atomic E-state index is 12.3. The number of nitrogens with one attached hydrogen (secondary N) is 2. The number of benzene rings is 2. The number of pyridine rings is 1. The predicted octanol–water partition coefficient (Wildman–Crippen LogP) is 4.91. The second kappa shape index (κ2) is 7.68. The fourth-order valence-electron chi connectivity index (χ4n) is 2.31. The minimum Gasteiger partial charge on any atom is -0.340 e. The third-order valence-electron chi connectivity index (χ3n) is 3.83. The molecule has 3 rings (SSSR count). The van der Waals surface area contributed by atoms with Crippen LogP contribution in [0.15, 0.2) is 60.8 Å². The highest BCUT2D eigenvalue weighted by Crippen LogP contribution is 2.25. The molecule has 0 unspecified atom stereocenters. The van der Waals surface area contributed by atoms with Crippen LogP contribution in [0.1, 0.15) is 21.5 Å². The number of nitrogens with zero attached hydrogens (tertiary/aromatic N) is 2. The lowest BCUT2D eigenvalue weighted by Gasteiger charge is -2.10.